The van der Waals surface area contributed by atoms with Gasteiger partial charge in [-0.25, -0.2) is 13.2 Å². The van der Waals surface area contributed by atoms with Crippen LogP contribution in [0.2, 0.25) is 0 Å². The average molecular weight is 416 g/mol. The lowest BCUT2D eigenvalue weighted by Gasteiger charge is -2.20. The van der Waals surface area contributed by atoms with Gasteiger partial charge in [-0.1, -0.05) is 18.2 Å². The van der Waals surface area contributed by atoms with Gasteiger partial charge >= 0.3 is 12.3 Å². The first-order chi connectivity index (χ1) is 12.8. The number of amides is 1. The summed E-state index contributed by atoms with van der Waals surface area (Å²) >= 11 is 0. The third-order valence-corrected chi connectivity index (χ3v) is 4.58. The first kappa shape index (κ1) is 21.5. The molecule has 0 aromatic heterocycles. The van der Waals surface area contributed by atoms with Gasteiger partial charge in [-0.2, -0.15) is 13.2 Å². The van der Waals surface area contributed by atoms with Crippen LogP contribution in [-0.4, -0.2) is 20.1 Å². The number of rotatable bonds is 4. The molecule has 2 N–H and O–H groups in total. The number of carbonyl (C=O) groups is 1. The molecule has 0 aliphatic carbocycles. The van der Waals surface area contributed by atoms with Gasteiger partial charge in [0.05, 0.1) is 10.5 Å². The molecule has 2 aromatic carbocycles. The molecule has 0 aliphatic heterocycles. The standard InChI is InChI=1S/C18H19F3N2O4S/c1-17(2,3)27-16(24)22-14-9-12(18(19,20)21)10-15(11-14)28(25,26)23-13-7-5-4-6-8-13/h4-11,23H,1-3H3,(H,22,24). The number of sulfonamides is 1. The predicted octanol–water partition coefficient (Wildman–Crippen LogP) is 4.85. The molecular weight excluding hydrogens is 397 g/mol. The van der Waals surface area contributed by atoms with Gasteiger partial charge in [-0.15, -0.1) is 0 Å². The van der Waals surface area contributed by atoms with Crippen molar-refractivity contribution in [3.63, 3.8) is 0 Å². The van der Waals surface area contributed by atoms with E-state index in [0.717, 1.165) is 6.07 Å². The minimum atomic E-state index is -4.82. The molecule has 10 heteroatoms. The summed E-state index contributed by atoms with van der Waals surface area (Å²) in [6, 6.07) is 9.74. The molecule has 0 heterocycles. The van der Waals surface area contributed by atoms with E-state index >= 15 is 0 Å². The molecule has 0 aliphatic rings. The Morgan fingerprint density at radius 1 is 0.964 bits per heavy atom. The highest BCUT2D eigenvalue weighted by Gasteiger charge is 2.33. The van der Waals surface area contributed by atoms with Crippen molar-refractivity contribution in [1.29, 1.82) is 0 Å². The Morgan fingerprint density at radius 2 is 1.57 bits per heavy atom. The number of benzene rings is 2. The van der Waals surface area contributed by atoms with Gasteiger partial charge in [-0.05, 0) is 51.1 Å². The van der Waals surface area contributed by atoms with E-state index in [1.807, 2.05) is 0 Å². The molecule has 0 bridgehead atoms. The van der Waals surface area contributed by atoms with Gasteiger partial charge in [0.25, 0.3) is 10.0 Å². The van der Waals surface area contributed by atoms with Crippen LogP contribution in [-0.2, 0) is 20.9 Å². The van der Waals surface area contributed by atoms with Crippen molar-refractivity contribution in [3.8, 4) is 0 Å². The van der Waals surface area contributed by atoms with E-state index in [1.165, 1.54) is 12.1 Å². The van der Waals surface area contributed by atoms with Crippen LogP contribution in [0.3, 0.4) is 0 Å². The Morgan fingerprint density at radius 3 is 2.11 bits per heavy atom. The van der Waals surface area contributed by atoms with Crippen LogP contribution in [0.15, 0.2) is 53.4 Å². The summed E-state index contributed by atoms with van der Waals surface area (Å²) < 4.78 is 71.9. The fourth-order valence-corrected chi connectivity index (χ4v) is 3.26. The lowest BCUT2D eigenvalue weighted by molar-refractivity contribution is -0.137. The zero-order valence-corrected chi connectivity index (χ0v) is 16.1. The van der Waals surface area contributed by atoms with E-state index < -0.39 is 38.4 Å². The smallest absolute Gasteiger partial charge is 0.416 e. The van der Waals surface area contributed by atoms with Crippen molar-refractivity contribution in [2.75, 3.05) is 10.0 Å². The molecule has 2 rings (SSSR count). The predicted molar refractivity (Wildman–Crippen MR) is 98.6 cm³/mol. The minimum Gasteiger partial charge on any atom is -0.444 e. The zero-order valence-electron chi connectivity index (χ0n) is 15.3. The summed E-state index contributed by atoms with van der Waals surface area (Å²) in [6.07, 6.45) is -5.82. The molecule has 0 saturated carbocycles. The van der Waals surface area contributed by atoms with E-state index in [0.29, 0.717) is 12.1 Å². The lowest BCUT2D eigenvalue weighted by atomic mass is 10.2. The summed E-state index contributed by atoms with van der Waals surface area (Å²) in [6.45, 7) is 4.75. The lowest BCUT2D eigenvalue weighted by Crippen LogP contribution is -2.27. The van der Waals surface area contributed by atoms with Crippen LogP contribution >= 0.6 is 0 Å². The van der Waals surface area contributed by atoms with Crippen molar-refractivity contribution in [2.45, 2.75) is 37.4 Å². The number of carbonyl (C=O) groups excluding carboxylic acids is 1. The van der Waals surface area contributed by atoms with Crippen LogP contribution in [0.1, 0.15) is 26.3 Å². The van der Waals surface area contributed by atoms with E-state index in [-0.39, 0.29) is 11.4 Å². The summed E-state index contributed by atoms with van der Waals surface area (Å²) in [4.78, 5) is 11.2. The maximum atomic E-state index is 13.2. The number of halogens is 3. The van der Waals surface area contributed by atoms with Crippen LogP contribution in [0.5, 0.6) is 0 Å². The Balaban J connectivity index is 2.42. The van der Waals surface area contributed by atoms with Gasteiger partial charge in [0.1, 0.15) is 5.60 Å². The molecule has 6 nitrogen and oxygen atoms in total. The summed E-state index contributed by atoms with van der Waals surface area (Å²) in [5, 5.41) is 2.13. The molecule has 0 radical (unpaired) electrons. The number of nitrogens with one attached hydrogen (secondary N) is 2. The molecule has 28 heavy (non-hydrogen) atoms. The first-order valence-electron chi connectivity index (χ1n) is 8.06. The van der Waals surface area contributed by atoms with Gasteiger partial charge < -0.3 is 4.74 Å². The number of ether oxygens (including phenoxy) is 1. The largest absolute Gasteiger partial charge is 0.444 e. The topological polar surface area (TPSA) is 84.5 Å². The number of hydrogen-bond donors (Lipinski definition) is 2. The zero-order chi connectivity index (χ0) is 21.2. The molecule has 0 saturated heterocycles. The average Bonchev–Trinajstić information content (AvgIpc) is 2.52. The summed E-state index contributed by atoms with van der Waals surface area (Å²) in [7, 11) is -4.33. The van der Waals surface area contributed by atoms with Gasteiger partial charge in [0.2, 0.25) is 0 Å². The highest BCUT2D eigenvalue weighted by Crippen LogP contribution is 2.33. The molecule has 1 amide bonds. The molecule has 0 atom stereocenters. The number of hydrogen-bond acceptors (Lipinski definition) is 4. The Labute approximate surface area is 160 Å². The molecular formula is C18H19F3N2O4S. The van der Waals surface area contributed by atoms with Gasteiger partial charge in [-0.3, -0.25) is 10.0 Å². The molecule has 0 unspecified atom stereocenters. The Kier molecular flexibility index (Phi) is 5.93. The quantitative estimate of drug-likeness (QED) is 0.746. The maximum Gasteiger partial charge on any atom is 0.416 e. The summed E-state index contributed by atoms with van der Waals surface area (Å²) in [5.74, 6) is 0. The highest BCUT2D eigenvalue weighted by molar-refractivity contribution is 7.92. The summed E-state index contributed by atoms with van der Waals surface area (Å²) in [5.41, 5.74) is -2.29. The maximum absolute atomic E-state index is 13.2. The van der Waals surface area contributed by atoms with Crippen LogP contribution < -0.4 is 10.0 Å². The first-order valence-corrected chi connectivity index (χ1v) is 9.55. The number of para-hydroxylation sites is 1. The van der Waals surface area contributed by atoms with E-state index in [4.69, 9.17) is 4.74 Å². The van der Waals surface area contributed by atoms with Crippen molar-refractivity contribution >= 4 is 27.5 Å². The normalized spacial score (nSPS) is 12.4. The second kappa shape index (κ2) is 7.70. The van der Waals surface area contributed by atoms with Crippen molar-refractivity contribution in [2.24, 2.45) is 0 Å². The molecule has 0 spiro atoms. The third-order valence-electron chi connectivity index (χ3n) is 3.22. The molecule has 152 valence electrons. The minimum absolute atomic E-state index is 0.182. The molecule has 0 fully saturated rings. The Bertz CT molecular complexity index is 953. The second-order valence-electron chi connectivity index (χ2n) is 6.84. The van der Waals surface area contributed by atoms with Gasteiger partial charge in [0, 0.05) is 11.4 Å². The van der Waals surface area contributed by atoms with Crippen LogP contribution in [0.4, 0.5) is 29.3 Å². The van der Waals surface area contributed by atoms with Crippen molar-refractivity contribution in [3.05, 3.63) is 54.1 Å². The van der Waals surface area contributed by atoms with E-state index in [1.54, 1.807) is 39.0 Å². The Hall–Kier alpha value is -2.75. The number of anilines is 2. The third kappa shape index (κ3) is 6.15. The highest BCUT2D eigenvalue weighted by atomic mass is 32.2. The van der Waals surface area contributed by atoms with Gasteiger partial charge in [0.15, 0.2) is 0 Å². The second-order valence-corrected chi connectivity index (χ2v) is 8.52. The van der Waals surface area contributed by atoms with Crippen molar-refractivity contribution < 1.29 is 31.1 Å². The fourth-order valence-electron chi connectivity index (χ4n) is 2.13. The van der Waals surface area contributed by atoms with Crippen LogP contribution in [0, 0.1) is 0 Å². The van der Waals surface area contributed by atoms with E-state index in [9.17, 15) is 26.4 Å². The molecule has 2 aromatic rings. The van der Waals surface area contributed by atoms with Crippen LogP contribution in [0.25, 0.3) is 0 Å². The fraction of sp³-hybridized carbons (Fsp3) is 0.278. The monoisotopic (exact) mass is 416 g/mol. The van der Waals surface area contributed by atoms with E-state index in [2.05, 4.69) is 10.0 Å². The number of alkyl halides is 3. The van der Waals surface area contributed by atoms with Crippen molar-refractivity contribution in [1.82, 2.24) is 0 Å². The SMILES string of the molecule is CC(C)(C)OC(=O)Nc1cc(C(F)(F)F)cc(S(=O)(=O)Nc2ccccc2)c1.